The normalized spacial score (nSPS) is 24.9. The highest BCUT2D eigenvalue weighted by Crippen LogP contribution is 2.29. The van der Waals surface area contributed by atoms with Gasteiger partial charge in [0.05, 0.1) is 5.56 Å². The van der Waals surface area contributed by atoms with E-state index in [1.165, 1.54) is 24.8 Å². The molecule has 0 saturated heterocycles. The van der Waals surface area contributed by atoms with Crippen molar-refractivity contribution in [2.24, 2.45) is 5.92 Å². The van der Waals surface area contributed by atoms with Crippen LogP contribution in [0.4, 0.5) is 5.69 Å². The van der Waals surface area contributed by atoms with Gasteiger partial charge in [0.1, 0.15) is 6.10 Å². The van der Waals surface area contributed by atoms with E-state index in [1.807, 2.05) is 18.2 Å². The van der Waals surface area contributed by atoms with Gasteiger partial charge >= 0.3 is 5.97 Å². The molecule has 108 valence electrons. The van der Waals surface area contributed by atoms with Crippen LogP contribution in [0.15, 0.2) is 18.2 Å². The summed E-state index contributed by atoms with van der Waals surface area (Å²) in [4.78, 5) is 12.3. The third-order valence-corrected chi connectivity index (χ3v) is 4.64. The highest BCUT2D eigenvalue weighted by molar-refractivity contribution is 5.90. The number of ether oxygens (including phenoxy) is 1. The maximum absolute atomic E-state index is 12.3. The van der Waals surface area contributed by atoms with E-state index in [4.69, 9.17) is 4.74 Å². The van der Waals surface area contributed by atoms with E-state index < -0.39 is 0 Å². The van der Waals surface area contributed by atoms with Crippen molar-refractivity contribution in [3.8, 4) is 0 Å². The molecule has 3 nitrogen and oxygen atoms in total. The van der Waals surface area contributed by atoms with E-state index in [9.17, 15) is 4.79 Å². The summed E-state index contributed by atoms with van der Waals surface area (Å²) in [6.45, 7) is 3.19. The van der Waals surface area contributed by atoms with Crippen molar-refractivity contribution in [3.05, 3.63) is 29.3 Å². The number of anilines is 1. The van der Waals surface area contributed by atoms with E-state index >= 15 is 0 Å². The number of benzene rings is 1. The molecular formula is C17H23NO2. The second-order valence-electron chi connectivity index (χ2n) is 6.02. The molecular weight excluding hydrogens is 250 g/mol. The maximum atomic E-state index is 12.3. The van der Waals surface area contributed by atoms with Crippen molar-refractivity contribution >= 4 is 11.7 Å². The Hall–Kier alpha value is -1.51. The first-order valence-electron chi connectivity index (χ1n) is 7.84. The third-order valence-electron chi connectivity index (χ3n) is 4.64. The lowest BCUT2D eigenvalue weighted by Crippen LogP contribution is -2.25. The molecule has 1 saturated carbocycles. The van der Waals surface area contributed by atoms with Gasteiger partial charge < -0.3 is 10.1 Å². The molecule has 20 heavy (non-hydrogen) atoms. The molecule has 3 heteroatoms. The van der Waals surface area contributed by atoms with Crippen LogP contribution >= 0.6 is 0 Å². The topological polar surface area (TPSA) is 38.3 Å². The Morgan fingerprint density at radius 3 is 3.15 bits per heavy atom. The number of rotatable bonds is 3. The van der Waals surface area contributed by atoms with Gasteiger partial charge in [-0.3, -0.25) is 0 Å². The zero-order valence-corrected chi connectivity index (χ0v) is 12.2. The average molecular weight is 273 g/mol. The van der Waals surface area contributed by atoms with Crippen LogP contribution in [0.25, 0.3) is 0 Å². The number of esters is 1. The van der Waals surface area contributed by atoms with Crippen molar-refractivity contribution < 1.29 is 9.53 Å². The molecule has 2 atom stereocenters. The molecule has 1 N–H and O–H groups in total. The molecule has 1 aliphatic carbocycles. The molecule has 3 rings (SSSR count). The predicted molar refractivity (Wildman–Crippen MR) is 80.1 cm³/mol. The number of fused-ring (bicyclic) bond motifs is 1. The lowest BCUT2D eigenvalue weighted by molar-refractivity contribution is 0.0140. The fraction of sp³-hybridized carbons (Fsp3) is 0.588. The van der Waals surface area contributed by atoms with Crippen LogP contribution in [0.3, 0.4) is 0 Å². The first-order valence-corrected chi connectivity index (χ1v) is 7.84. The van der Waals surface area contributed by atoms with E-state index in [2.05, 4.69) is 12.2 Å². The summed E-state index contributed by atoms with van der Waals surface area (Å²) >= 11 is 0. The second-order valence-corrected chi connectivity index (χ2v) is 6.02. The molecule has 1 aromatic carbocycles. The van der Waals surface area contributed by atoms with Crippen LogP contribution in [0.1, 0.15) is 54.9 Å². The van der Waals surface area contributed by atoms with E-state index in [0.29, 0.717) is 5.56 Å². The molecule has 2 unspecified atom stereocenters. The minimum Gasteiger partial charge on any atom is -0.459 e. The minimum absolute atomic E-state index is 0.118. The first-order chi connectivity index (χ1) is 9.76. The Labute approximate surface area is 120 Å². The van der Waals surface area contributed by atoms with Crippen LogP contribution in [0.2, 0.25) is 0 Å². The number of nitrogens with one attached hydrogen (secondary N) is 1. The molecule has 0 radical (unpaired) electrons. The Morgan fingerprint density at radius 2 is 2.30 bits per heavy atom. The molecule has 0 aromatic heterocycles. The van der Waals surface area contributed by atoms with Crippen molar-refractivity contribution in [2.45, 2.75) is 51.6 Å². The lowest BCUT2D eigenvalue weighted by Gasteiger charge is -2.28. The van der Waals surface area contributed by atoms with Crippen LogP contribution in [-0.2, 0) is 11.2 Å². The number of carbonyl (C=O) groups is 1. The average Bonchev–Trinajstić information content (AvgIpc) is 2.94. The zero-order chi connectivity index (χ0) is 13.9. The quantitative estimate of drug-likeness (QED) is 0.852. The highest BCUT2D eigenvalue weighted by Gasteiger charge is 2.24. The SMILES string of the molecule is CCC1CCCC(OC(=O)c2ccc3c(c2)CCN3)C1. The second kappa shape index (κ2) is 5.86. The third kappa shape index (κ3) is 2.82. The summed E-state index contributed by atoms with van der Waals surface area (Å²) < 4.78 is 5.71. The van der Waals surface area contributed by atoms with Gasteiger partial charge in [-0.1, -0.05) is 19.8 Å². The monoisotopic (exact) mass is 273 g/mol. The smallest absolute Gasteiger partial charge is 0.338 e. The summed E-state index contributed by atoms with van der Waals surface area (Å²) in [5, 5.41) is 3.31. The van der Waals surface area contributed by atoms with Crippen LogP contribution in [0, 0.1) is 5.92 Å². The summed E-state index contributed by atoms with van der Waals surface area (Å²) in [6.07, 6.45) is 6.84. The number of carbonyl (C=O) groups excluding carboxylic acids is 1. The molecule has 1 fully saturated rings. The summed E-state index contributed by atoms with van der Waals surface area (Å²) in [5.41, 5.74) is 3.09. The zero-order valence-electron chi connectivity index (χ0n) is 12.2. The van der Waals surface area contributed by atoms with Gasteiger partial charge in [0.2, 0.25) is 0 Å². The molecule has 1 aromatic rings. The van der Waals surface area contributed by atoms with Gasteiger partial charge in [-0.05, 0) is 55.4 Å². The van der Waals surface area contributed by atoms with Gasteiger partial charge in [-0.2, -0.15) is 0 Å². The number of hydrogen-bond acceptors (Lipinski definition) is 3. The van der Waals surface area contributed by atoms with Crippen LogP contribution in [0.5, 0.6) is 0 Å². The first kappa shape index (κ1) is 13.5. The molecule has 1 heterocycles. The fourth-order valence-electron chi connectivity index (χ4n) is 3.37. The Kier molecular flexibility index (Phi) is 3.95. The number of hydrogen-bond donors (Lipinski definition) is 1. The van der Waals surface area contributed by atoms with Crippen molar-refractivity contribution in [2.75, 3.05) is 11.9 Å². The van der Waals surface area contributed by atoms with Crippen LogP contribution < -0.4 is 5.32 Å². The van der Waals surface area contributed by atoms with Gasteiger partial charge in [0, 0.05) is 12.2 Å². The molecule has 0 amide bonds. The van der Waals surface area contributed by atoms with E-state index in [-0.39, 0.29) is 12.1 Å². The van der Waals surface area contributed by atoms with E-state index in [0.717, 1.165) is 37.4 Å². The van der Waals surface area contributed by atoms with Crippen molar-refractivity contribution in [3.63, 3.8) is 0 Å². The predicted octanol–water partition coefficient (Wildman–Crippen LogP) is 3.78. The Morgan fingerprint density at radius 1 is 1.40 bits per heavy atom. The standard InChI is InChI=1S/C17H23NO2/c1-2-12-4-3-5-15(10-12)20-17(19)14-6-7-16-13(11-14)8-9-18-16/h6-7,11-12,15,18H,2-5,8-10H2,1H3. The van der Waals surface area contributed by atoms with E-state index in [1.54, 1.807) is 0 Å². The van der Waals surface area contributed by atoms with Gasteiger partial charge in [-0.15, -0.1) is 0 Å². The van der Waals surface area contributed by atoms with Gasteiger partial charge in [0.25, 0.3) is 0 Å². The Bertz CT molecular complexity index is 498. The van der Waals surface area contributed by atoms with Crippen molar-refractivity contribution in [1.29, 1.82) is 0 Å². The molecule has 0 spiro atoms. The summed E-state index contributed by atoms with van der Waals surface area (Å²) in [6, 6.07) is 5.85. The summed E-state index contributed by atoms with van der Waals surface area (Å²) in [5.74, 6) is 0.576. The van der Waals surface area contributed by atoms with Crippen LogP contribution in [-0.4, -0.2) is 18.6 Å². The molecule has 1 aliphatic heterocycles. The summed E-state index contributed by atoms with van der Waals surface area (Å²) in [7, 11) is 0. The fourth-order valence-corrected chi connectivity index (χ4v) is 3.37. The maximum Gasteiger partial charge on any atom is 0.338 e. The Balaban J connectivity index is 1.64. The minimum atomic E-state index is -0.151. The highest BCUT2D eigenvalue weighted by atomic mass is 16.5. The lowest BCUT2D eigenvalue weighted by atomic mass is 9.85. The molecule has 2 aliphatic rings. The van der Waals surface area contributed by atoms with Gasteiger partial charge in [0.15, 0.2) is 0 Å². The largest absolute Gasteiger partial charge is 0.459 e. The van der Waals surface area contributed by atoms with Gasteiger partial charge in [-0.25, -0.2) is 4.79 Å². The molecule has 0 bridgehead atoms. The van der Waals surface area contributed by atoms with Crippen molar-refractivity contribution in [1.82, 2.24) is 0 Å².